The number of ether oxygens (including phenoxy) is 1. The van der Waals surface area contributed by atoms with Crippen LogP contribution in [0.15, 0.2) is 24.3 Å². The molecule has 0 saturated heterocycles. The Bertz CT molecular complexity index is 323. The second-order valence-electron chi connectivity index (χ2n) is 3.34. The Hall–Kier alpha value is -1.39. The zero-order valence-corrected chi connectivity index (χ0v) is 8.43. The number of alkyl halides is 3. The maximum absolute atomic E-state index is 12.0. The Labute approximate surface area is 86.1 Å². The van der Waals surface area contributed by atoms with Crippen molar-refractivity contribution in [2.45, 2.75) is 26.3 Å². The van der Waals surface area contributed by atoms with Crippen molar-refractivity contribution < 1.29 is 17.9 Å². The lowest BCUT2D eigenvalue weighted by atomic mass is 10.2. The minimum Gasteiger partial charge on any atom is -0.404 e. The summed E-state index contributed by atoms with van der Waals surface area (Å²) < 4.78 is 39.9. The van der Waals surface area contributed by atoms with Crippen LogP contribution in [0.3, 0.4) is 0 Å². The van der Waals surface area contributed by atoms with E-state index < -0.39 is 6.36 Å². The van der Waals surface area contributed by atoms with E-state index in [1.54, 1.807) is 12.1 Å². The van der Waals surface area contributed by atoms with Gasteiger partial charge in [0.25, 0.3) is 0 Å². The van der Waals surface area contributed by atoms with Crippen molar-refractivity contribution in [2.75, 3.05) is 5.32 Å². The maximum atomic E-state index is 12.0. The van der Waals surface area contributed by atoms with E-state index in [2.05, 4.69) is 10.1 Å². The van der Waals surface area contributed by atoms with Crippen LogP contribution in [0.1, 0.15) is 13.8 Å². The molecular weight excluding hydrogens is 207 g/mol. The Balaban J connectivity index is 2.86. The van der Waals surface area contributed by atoms with Gasteiger partial charge in [-0.05, 0) is 26.0 Å². The van der Waals surface area contributed by atoms with Crippen molar-refractivity contribution >= 4 is 5.69 Å². The molecule has 0 unspecified atom stereocenters. The Morgan fingerprint density at radius 3 is 2.33 bits per heavy atom. The van der Waals surface area contributed by atoms with Gasteiger partial charge in [-0.15, -0.1) is 13.2 Å². The Morgan fingerprint density at radius 1 is 1.20 bits per heavy atom. The molecule has 0 bridgehead atoms. The third-order valence-corrected chi connectivity index (χ3v) is 1.56. The molecule has 84 valence electrons. The monoisotopic (exact) mass is 219 g/mol. The average Bonchev–Trinajstić information content (AvgIpc) is 2.05. The summed E-state index contributed by atoms with van der Waals surface area (Å²) in [4.78, 5) is 0. The molecule has 0 aromatic heterocycles. The number of halogens is 3. The van der Waals surface area contributed by atoms with Gasteiger partial charge in [0.1, 0.15) is 0 Å². The molecule has 0 amide bonds. The minimum atomic E-state index is -4.66. The van der Waals surface area contributed by atoms with Gasteiger partial charge in [0.05, 0.1) is 5.69 Å². The van der Waals surface area contributed by atoms with Crippen LogP contribution < -0.4 is 10.1 Å². The first-order valence-corrected chi connectivity index (χ1v) is 4.50. The second-order valence-corrected chi connectivity index (χ2v) is 3.34. The summed E-state index contributed by atoms with van der Waals surface area (Å²) in [6.45, 7) is 3.68. The van der Waals surface area contributed by atoms with Crippen LogP contribution >= 0.6 is 0 Å². The number of rotatable bonds is 3. The van der Waals surface area contributed by atoms with Crippen LogP contribution in [0, 0.1) is 0 Å². The summed E-state index contributed by atoms with van der Waals surface area (Å²) in [5.74, 6) is -0.210. The Kier molecular flexibility index (Phi) is 3.44. The number of para-hydroxylation sites is 2. The third kappa shape index (κ3) is 4.10. The topological polar surface area (TPSA) is 21.3 Å². The summed E-state index contributed by atoms with van der Waals surface area (Å²) in [6, 6.07) is 6.00. The minimum absolute atomic E-state index is 0.0444. The van der Waals surface area contributed by atoms with Crippen LogP contribution in [0.5, 0.6) is 5.75 Å². The highest BCUT2D eigenvalue weighted by molar-refractivity contribution is 5.56. The molecule has 5 heteroatoms. The Morgan fingerprint density at radius 2 is 1.80 bits per heavy atom. The standard InChI is InChI=1S/C10H12F3NO/c1-7(2)14-8-5-3-4-6-9(8)15-10(11,12)13/h3-7,14H,1-2H3. The molecule has 0 saturated carbocycles. The fraction of sp³-hybridized carbons (Fsp3) is 0.400. The summed E-state index contributed by atoms with van der Waals surface area (Å²) in [7, 11) is 0. The van der Waals surface area contributed by atoms with Crippen molar-refractivity contribution in [2.24, 2.45) is 0 Å². The van der Waals surface area contributed by atoms with Crippen LogP contribution in [-0.4, -0.2) is 12.4 Å². The largest absolute Gasteiger partial charge is 0.573 e. The van der Waals surface area contributed by atoms with Gasteiger partial charge in [0.2, 0.25) is 0 Å². The van der Waals surface area contributed by atoms with Crippen molar-refractivity contribution in [1.29, 1.82) is 0 Å². The SMILES string of the molecule is CC(C)Nc1ccccc1OC(F)(F)F. The molecule has 0 atom stereocenters. The van der Waals surface area contributed by atoms with Gasteiger partial charge in [0, 0.05) is 6.04 Å². The molecule has 0 fully saturated rings. The quantitative estimate of drug-likeness (QED) is 0.841. The summed E-state index contributed by atoms with van der Waals surface area (Å²) in [5, 5.41) is 2.87. The summed E-state index contributed by atoms with van der Waals surface area (Å²) in [6.07, 6.45) is -4.66. The fourth-order valence-corrected chi connectivity index (χ4v) is 1.11. The van der Waals surface area contributed by atoms with Gasteiger partial charge in [-0.1, -0.05) is 12.1 Å². The number of anilines is 1. The predicted octanol–water partition coefficient (Wildman–Crippen LogP) is 3.41. The van der Waals surface area contributed by atoms with Gasteiger partial charge in [-0.3, -0.25) is 0 Å². The van der Waals surface area contributed by atoms with E-state index in [1.165, 1.54) is 12.1 Å². The molecule has 2 nitrogen and oxygen atoms in total. The summed E-state index contributed by atoms with van der Waals surface area (Å²) >= 11 is 0. The average molecular weight is 219 g/mol. The fourth-order valence-electron chi connectivity index (χ4n) is 1.11. The normalized spacial score (nSPS) is 11.6. The summed E-state index contributed by atoms with van der Waals surface area (Å²) in [5.41, 5.74) is 0.338. The van der Waals surface area contributed by atoms with Gasteiger partial charge >= 0.3 is 6.36 Å². The molecule has 0 aliphatic heterocycles. The first-order chi connectivity index (χ1) is 6.88. The zero-order chi connectivity index (χ0) is 11.5. The molecule has 0 aliphatic rings. The first kappa shape index (κ1) is 11.7. The van der Waals surface area contributed by atoms with E-state index in [1.807, 2.05) is 13.8 Å². The van der Waals surface area contributed by atoms with E-state index in [0.29, 0.717) is 5.69 Å². The van der Waals surface area contributed by atoms with E-state index >= 15 is 0 Å². The second kappa shape index (κ2) is 4.42. The van der Waals surface area contributed by atoms with Crippen molar-refractivity contribution in [3.05, 3.63) is 24.3 Å². The molecule has 1 rings (SSSR count). The van der Waals surface area contributed by atoms with Gasteiger partial charge < -0.3 is 10.1 Å². The molecule has 1 aromatic rings. The number of nitrogens with one attached hydrogen (secondary N) is 1. The zero-order valence-electron chi connectivity index (χ0n) is 8.43. The molecule has 0 heterocycles. The van der Waals surface area contributed by atoms with Gasteiger partial charge in [0.15, 0.2) is 5.75 Å². The molecule has 0 aliphatic carbocycles. The molecular formula is C10H12F3NO. The first-order valence-electron chi connectivity index (χ1n) is 4.50. The number of hydrogen-bond donors (Lipinski definition) is 1. The van der Waals surface area contributed by atoms with Gasteiger partial charge in [-0.25, -0.2) is 0 Å². The van der Waals surface area contributed by atoms with Crippen LogP contribution in [-0.2, 0) is 0 Å². The number of benzene rings is 1. The molecule has 15 heavy (non-hydrogen) atoms. The van der Waals surface area contributed by atoms with Crippen molar-refractivity contribution in [3.8, 4) is 5.75 Å². The highest BCUT2D eigenvalue weighted by Crippen LogP contribution is 2.30. The molecule has 1 N–H and O–H groups in total. The van der Waals surface area contributed by atoms with Crippen molar-refractivity contribution in [3.63, 3.8) is 0 Å². The lowest BCUT2D eigenvalue weighted by molar-refractivity contribution is -0.274. The third-order valence-electron chi connectivity index (χ3n) is 1.56. The molecule has 0 radical (unpaired) electrons. The van der Waals surface area contributed by atoms with E-state index in [4.69, 9.17) is 0 Å². The van der Waals surface area contributed by atoms with Crippen LogP contribution in [0.2, 0.25) is 0 Å². The molecule has 1 aromatic carbocycles. The molecule has 0 spiro atoms. The maximum Gasteiger partial charge on any atom is 0.573 e. The van der Waals surface area contributed by atoms with E-state index in [9.17, 15) is 13.2 Å². The predicted molar refractivity (Wildman–Crippen MR) is 51.9 cm³/mol. The lowest BCUT2D eigenvalue weighted by Gasteiger charge is -2.16. The van der Waals surface area contributed by atoms with E-state index in [-0.39, 0.29) is 11.8 Å². The smallest absolute Gasteiger partial charge is 0.404 e. The highest BCUT2D eigenvalue weighted by atomic mass is 19.4. The number of hydrogen-bond acceptors (Lipinski definition) is 2. The van der Waals surface area contributed by atoms with E-state index in [0.717, 1.165) is 0 Å². The van der Waals surface area contributed by atoms with Crippen LogP contribution in [0.25, 0.3) is 0 Å². The van der Waals surface area contributed by atoms with Gasteiger partial charge in [-0.2, -0.15) is 0 Å². The highest BCUT2D eigenvalue weighted by Gasteiger charge is 2.32. The van der Waals surface area contributed by atoms with Crippen LogP contribution in [0.4, 0.5) is 18.9 Å². The lowest BCUT2D eigenvalue weighted by Crippen LogP contribution is -2.19. The van der Waals surface area contributed by atoms with Crippen molar-refractivity contribution in [1.82, 2.24) is 0 Å².